The van der Waals surface area contributed by atoms with Crippen molar-refractivity contribution in [2.24, 2.45) is 0 Å². The predicted octanol–water partition coefficient (Wildman–Crippen LogP) is 3.59. The highest BCUT2D eigenvalue weighted by Gasteiger charge is 2.17. The van der Waals surface area contributed by atoms with Crippen molar-refractivity contribution in [1.82, 2.24) is 9.38 Å². The highest BCUT2D eigenvalue weighted by atomic mass is 32.2. The zero-order chi connectivity index (χ0) is 15.5. The van der Waals surface area contributed by atoms with Gasteiger partial charge in [-0.1, -0.05) is 23.9 Å². The number of carbonyl (C=O) groups excluding carboxylic acids is 1. The number of hydrogen-bond acceptors (Lipinski definition) is 3. The van der Waals surface area contributed by atoms with Crippen molar-refractivity contribution in [2.45, 2.75) is 17.3 Å². The number of imidazole rings is 1. The van der Waals surface area contributed by atoms with Crippen LogP contribution in [0.4, 0.5) is 10.1 Å². The van der Waals surface area contributed by atoms with E-state index in [0.717, 1.165) is 10.7 Å². The van der Waals surface area contributed by atoms with E-state index in [1.165, 1.54) is 23.9 Å². The lowest BCUT2D eigenvalue weighted by Crippen LogP contribution is -2.22. The Kier molecular flexibility index (Phi) is 4.11. The van der Waals surface area contributed by atoms with Crippen LogP contribution in [0.2, 0.25) is 0 Å². The van der Waals surface area contributed by atoms with Gasteiger partial charge in [0, 0.05) is 11.9 Å². The number of rotatable bonds is 4. The van der Waals surface area contributed by atoms with Crippen LogP contribution in [-0.4, -0.2) is 20.5 Å². The van der Waals surface area contributed by atoms with Crippen LogP contribution in [0.1, 0.15) is 6.92 Å². The minimum Gasteiger partial charge on any atom is -0.325 e. The van der Waals surface area contributed by atoms with Gasteiger partial charge in [-0.3, -0.25) is 9.20 Å². The number of nitrogens with one attached hydrogen (secondary N) is 1. The van der Waals surface area contributed by atoms with E-state index >= 15 is 0 Å². The Hall–Kier alpha value is -2.34. The highest BCUT2D eigenvalue weighted by Crippen LogP contribution is 2.24. The molecule has 0 saturated carbocycles. The van der Waals surface area contributed by atoms with E-state index in [9.17, 15) is 9.18 Å². The molecule has 0 bridgehead atoms. The molecule has 0 fully saturated rings. The van der Waals surface area contributed by atoms with E-state index in [0.29, 0.717) is 5.69 Å². The molecule has 2 aromatic heterocycles. The molecule has 1 aromatic carbocycles. The van der Waals surface area contributed by atoms with Crippen molar-refractivity contribution < 1.29 is 9.18 Å². The molecule has 2 heterocycles. The largest absolute Gasteiger partial charge is 0.325 e. The van der Waals surface area contributed by atoms with Crippen molar-refractivity contribution in [2.75, 3.05) is 5.32 Å². The number of fused-ring (bicyclic) bond motifs is 1. The van der Waals surface area contributed by atoms with Crippen molar-refractivity contribution in [3.05, 3.63) is 60.7 Å². The fourth-order valence-electron chi connectivity index (χ4n) is 2.03. The third kappa shape index (κ3) is 3.12. The number of hydrogen-bond donors (Lipinski definition) is 1. The van der Waals surface area contributed by atoms with E-state index in [1.54, 1.807) is 25.3 Å². The molecule has 3 rings (SSSR count). The topological polar surface area (TPSA) is 46.4 Å². The van der Waals surface area contributed by atoms with E-state index in [-0.39, 0.29) is 17.0 Å². The first kappa shape index (κ1) is 14.6. The van der Waals surface area contributed by atoms with Gasteiger partial charge < -0.3 is 5.32 Å². The number of aromatic nitrogens is 2. The van der Waals surface area contributed by atoms with E-state index in [4.69, 9.17) is 0 Å². The second kappa shape index (κ2) is 6.19. The molecular formula is C16H14FN3OS. The van der Waals surface area contributed by atoms with Crippen LogP contribution in [0.5, 0.6) is 0 Å². The highest BCUT2D eigenvalue weighted by molar-refractivity contribution is 8.00. The monoisotopic (exact) mass is 315 g/mol. The second-order valence-corrected chi connectivity index (χ2v) is 6.10. The maximum absolute atomic E-state index is 13.1. The molecule has 0 aliphatic carbocycles. The number of thioether (sulfide) groups is 1. The smallest absolute Gasteiger partial charge is 0.237 e. The number of benzene rings is 1. The van der Waals surface area contributed by atoms with Crippen LogP contribution >= 0.6 is 11.8 Å². The summed E-state index contributed by atoms with van der Waals surface area (Å²) in [5.74, 6) is -0.569. The van der Waals surface area contributed by atoms with Crippen LogP contribution in [0, 0.1) is 5.82 Å². The van der Waals surface area contributed by atoms with Gasteiger partial charge in [-0.2, -0.15) is 0 Å². The molecule has 6 heteroatoms. The Labute approximate surface area is 131 Å². The van der Waals surface area contributed by atoms with Gasteiger partial charge in [0.05, 0.1) is 17.0 Å². The van der Waals surface area contributed by atoms with Gasteiger partial charge >= 0.3 is 0 Å². The van der Waals surface area contributed by atoms with E-state index in [2.05, 4.69) is 10.3 Å². The van der Waals surface area contributed by atoms with Crippen molar-refractivity contribution >= 4 is 28.9 Å². The Morgan fingerprint density at radius 3 is 3.00 bits per heavy atom. The second-order valence-electron chi connectivity index (χ2n) is 4.80. The minimum absolute atomic E-state index is 0.191. The molecule has 0 saturated heterocycles. The summed E-state index contributed by atoms with van der Waals surface area (Å²) in [4.78, 5) is 16.5. The molecule has 0 spiro atoms. The first-order chi connectivity index (χ1) is 10.6. The molecule has 22 heavy (non-hydrogen) atoms. The molecular weight excluding hydrogens is 301 g/mol. The lowest BCUT2D eigenvalue weighted by Gasteiger charge is -2.11. The molecule has 112 valence electrons. The SMILES string of the molecule is CC(Sc1ncc2ccccn12)C(=O)Nc1cccc(F)c1. The number of pyridine rings is 1. The molecule has 0 radical (unpaired) electrons. The maximum atomic E-state index is 13.1. The Bertz CT molecular complexity index is 818. The molecule has 0 aliphatic rings. The van der Waals surface area contributed by atoms with Crippen LogP contribution in [0.3, 0.4) is 0 Å². The quantitative estimate of drug-likeness (QED) is 0.748. The van der Waals surface area contributed by atoms with E-state index in [1.807, 2.05) is 28.8 Å². The fraction of sp³-hybridized carbons (Fsp3) is 0.125. The summed E-state index contributed by atoms with van der Waals surface area (Å²) in [6, 6.07) is 11.6. The Morgan fingerprint density at radius 1 is 1.32 bits per heavy atom. The van der Waals surface area contributed by atoms with Gasteiger partial charge in [-0.25, -0.2) is 9.37 Å². The number of nitrogens with zero attached hydrogens (tertiary/aromatic N) is 2. The third-order valence-corrected chi connectivity index (χ3v) is 4.23. The Morgan fingerprint density at radius 2 is 2.18 bits per heavy atom. The summed E-state index contributed by atoms with van der Waals surface area (Å²) < 4.78 is 15.1. The number of halogens is 1. The predicted molar refractivity (Wildman–Crippen MR) is 85.5 cm³/mol. The van der Waals surface area contributed by atoms with Crippen LogP contribution in [0.25, 0.3) is 5.52 Å². The summed E-state index contributed by atoms with van der Waals surface area (Å²) in [6.45, 7) is 1.79. The van der Waals surface area contributed by atoms with Crippen LogP contribution in [0.15, 0.2) is 60.0 Å². The zero-order valence-electron chi connectivity index (χ0n) is 11.9. The molecule has 1 unspecified atom stereocenters. The third-order valence-electron chi connectivity index (χ3n) is 3.15. The number of carbonyl (C=O) groups is 1. The minimum atomic E-state index is -0.377. The van der Waals surface area contributed by atoms with Gasteiger partial charge in [0.15, 0.2) is 5.16 Å². The number of amides is 1. The van der Waals surface area contributed by atoms with Gasteiger partial charge in [0.2, 0.25) is 5.91 Å². The standard InChI is InChI=1S/C16H14FN3OS/c1-11(15(21)19-13-6-4-5-12(17)9-13)22-16-18-10-14-7-2-3-8-20(14)16/h2-11H,1H3,(H,19,21). The first-order valence-electron chi connectivity index (χ1n) is 6.78. The summed E-state index contributed by atoms with van der Waals surface area (Å²) in [5, 5.41) is 3.10. The lowest BCUT2D eigenvalue weighted by atomic mass is 10.3. The van der Waals surface area contributed by atoms with Crippen LogP contribution < -0.4 is 5.32 Å². The first-order valence-corrected chi connectivity index (χ1v) is 7.66. The molecule has 1 atom stereocenters. The summed E-state index contributed by atoms with van der Waals surface area (Å²) in [7, 11) is 0. The maximum Gasteiger partial charge on any atom is 0.237 e. The van der Waals surface area contributed by atoms with Crippen LogP contribution in [-0.2, 0) is 4.79 Å². The molecule has 0 aliphatic heterocycles. The molecule has 4 nitrogen and oxygen atoms in total. The molecule has 1 amide bonds. The van der Waals surface area contributed by atoms with Gasteiger partial charge in [0.1, 0.15) is 5.82 Å². The molecule has 3 aromatic rings. The number of anilines is 1. The van der Waals surface area contributed by atoms with Crippen molar-refractivity contribution in [3.8, 4) is 0 Å². The average Bonchev–Trinajstić information content (AvgIpc) is 2.90. The van der Waals surface area contributed by atoms with E-state index < -0.39 is 0 Å². The van der Waals surface area contributed by atoms with Gasteiger partial charge in [-0.05, 0) is 37.3 Å². The summed E-state index contributed by atoms with van der Waals surface area (Å²) >= 11 is 1.36. The van der Waals surface area contributed by atoms with Crippen molar-refractivity contribution in [1.29, 1.82) is 0 Å². The fourth-order valence-corrected chi connectivity index (χ4v) is 2.90. The summed E-state index contributed by atoms with van der Waals surface area (Å²) in [6.07, 6.45) is 3.67. The normalized spacial score (nSPS) is 12.3. The zero-order valence-corrected chi connectivity index (χ0v) is 12.7. The van der Waals surface area contributed by atoms with Gasteiger partial charge in [0.25, 0.3) is 0 Å². The molecule has 1 N–H and O–H groups in total. The summed E-state index contributed by atoms with van der Waals surface area (Å²) in [5.41, 5.74) is 1.42. The van der Waals surface area contributed by atoms with Crippen molar-refractivity contribution in [3.63, 3.8) is 0 Å². The van der Waals surface area contributed by atoms with Gasteiger partial charge in [-0.15, -0.1) is 0 Å². The average molecular weight is 315 g/mol. The lowest BCUT2D eigenvalue weighted by molar-refractivity contribution is -0.115. The Balaban J connectivity index is 1.71.